The van der Waals surface area contributed by atoms with Crippen LogP contribution in [0, 0.1) is 11.8 Å². The Bertz CT molecular complexity index is 814. The smallest absolute Gasteiger partial charge is 0.241 e. The molecule has 2 bridgehead atoms. The molecule has 0 spiro atoms. The van der Waals surface area contributed by atoms with Crippen molar-refractivity contribution in [3.63, 3.8) is 0 Å². The van der Waals surface area contributed by atoms with E-state index in [-0.39, 0.29) is 23.7 Å². The lowest BCUT2D eigenvalue weighted by Crippen LogP contribution is -2.38. The van der Waals surface area contributed by atoms with Crippen molar-refractivity contribution in [2.75, 3.05) is 12.0 Å². The van der Waals surface area contributed by atoms with Gasteiger partial charge in [-0.25, -0.2) is 4.90 Å². The number of methoxy groups -OCH3 is 1. The zero-order valence-corrected chi connectivity index (χ0v) is 13.6. The predicted octanol–water partition coefficient (Wildman–Crippen LogP) is 1.73. The van der Waals surface area contributed by atoms with E-state index in [0.29, 0.717) is 17.0 Å². The molecule has 2 fully saturated rings. The van der Waals surface area contributed by atoms with Crippen molar-refractivity contribution < 1.29 is 23.9 Å². The molecular weight excluding hydrogens is 310 g/mol. The maximum Gasteiger partial charge on any atom is 0.241 e. The highest BCUT2D eigenvalue weighted by atomic mass is 16.5. The Hall–Kier alpha value is -2.47. The van der Waals surface area contributed by atoms with Gasteiger partial charge in [-0.1, -0.05) is 12.2 Å². The Labute approximate surface area is 139 Å². The molecule has 0 aliphatic carbocycles. The average Bonchev–Trinajstić information content (AvgIpc) is 3.15. The van der Waals surface area contributed by atoms with E-state index < -0.39 is 17.4 Å². The summed E-state index contributed by atoms with van der Waals surface area (Å²) in [4.78, 5) is 38.8. The molecule has 4 atom stereocenters. The zero-order valence-electron chi connectivity index (χ0n) is 13.6. The summed E-state index contributed by atoms with van der Waals surface area (Å²) < 4.78 is 11.1. The fraction of sp³-hybridized carbons (Fsp3) is 0.389. The SMILES string of the molecule is COc1ccc(C(C)=O)cc1N1C(=O)[C@@H]2[C@H]3C=C[C@@](C)(O3)[C@H]2C1=O. The normalized spacial score (nSPS) is 33.3. The minimum atomic E-state index is -0.748. The van der Waals surface area contributed by atoms with Crippen LogP contribution < -0.4 is 9.64 Å². The van der Waals surface area contributed by atoms with Crippen LogP contribution in [0.4, 0.5) is 5.69 Å². The average molecular weight is 327 g/mol. The van der Waals surface area contributed by atoms with Crippen LogP contribution in [0.2, 0.25) is 0 Å². The molecule has 0 saturated carbocycles. The first-order valence-corrected chi connectivity index (χ1v) is 7.81. The van der Waals surface area contributed by atoms with Gasteiger partial charge in [-0.3, -0.25) is 14.4 Å². The van der Waals surface area contributed by atoms with Gasteiger partial charge in [-0.15, -0.1) is 0 Å². The summed E-state index contributed by atoms with van der Waals surface area (Å²) in [5.74, 6) is -1.42. The van der Waals surface area contributed by atoms with Gasteiger partial charge in [0.25, 0.3) is 0 Å². The first kappa shape index (κ1) is 15.1. The number of carbonyl (C=O) groups excluding carboxylic acids is 3. The first-order chi connectivity index (χ1) is 11.4. The molecule has 0 N–H and O–H groups in total. The van der Waals surface area contributed by atoms with Gasteiger partial charge >= 0.3 is 0 Å². The monoisotopic (exact) mass is 327 g/mol. The van der Waals surface area contributed by atoms with Gasteiger partial charge in [0.2, 0.25) is 11.8 Å². The van der Waals surface area contributed by atoms with Gasteiger partial charge in [-0.2, -0.15) is 0 Å². The lowest BCUT2D eigenvalue weighted by Gasteiger charge is -2.24. The number of amides is 2. The van der Waals surface area contributed by atoms with E-state index in [0.717, 1.165) is 4.90 Å². The minimum absolute atomic E-state index is 0.143. The molecule has 2 saturated heterocycles. The van der Waals surface area contributed by atoms with Crippen molar-refractivity contribution in [2.24, 2.45) is 11.8 Å². The molecular formula is C18H17NO5. The number of ketones is 1. The van der Waals surface area contributed by atoms with Crippen molar-refractivity contribution in [1.82, 2.24) is 0 Å². The van der Waals surface area contributed by atoms with Crippen molar-refractivity contribution in [2.45, 2.75) is 25.6 Å². The molecule has 2 amide bonds. The van der Waals surface area contributed by atoms with Crippen LogP contribution in [0.1, 0.15) is 24.2 Å². The van der Waals surface area contributed by atoms with E-state index in [4.69, 9.17) is 9.47 Å². The molecule has 3 aliphatic heterocycles. The summed E-state index contributed by atoms with van der Waals surface area (Å²) >= 11 is 0. The highest BCUT2D eigenvalue weighted by Crippen LogP contribution is 2.53. The summed E-state index contributed by atoms with van der Waals surface area (Å²) in [6.45, 7) is 3.26. The molecule has 1 aromatic carbocycles. The number of Topliss-reactive ketones (excluding diaryl/α,β-unsaturated/α-hetero) is 1. The Balaban J connectivity index is 1.82. The Morgan fingerprint density at radius 2 is 2.04 bits per heavy atom. The number of carbonyl (C=O) groups is 3. The van der Waals surface area contributed by atoms with E-state index in [1.54, 1.807) is 12.1 Å². The third-order valence-electron chi connectivity index (χ3n) is 5.16. The topological polar surface area (TPSA) is 72.9 Å². The van der Waals surface area contributed by atoms with Gasteiger partial charge < -0.3 is 9.47 Å². The molecule has 0 radical (unpaired) electrons. The molecule has 6 nitrogen and oxygen atoms in total. The van der Waals surface area contributed by atoms with Crippen molar-refractivity contribution in [3.05, 3.63) is 35.9 Å². The van der Waals surface area contributed by atoms with E-state index in [9.17, 15) is 14.4 Å². The van der Waals surface area contributed by atoms with Gasteiger partial charge in [0, 0.05) is 5.56 Å². The maximum absolute atomic E-state index is 13.0. The van der Waals surface area contributed by atoms with Crippen LogP contribution in [0.25, 0.3) is 0 Å². The summed E-state index contributed by atoms with van der Waals surface area (Å²) in [5, 5.41) is 0. The van der Waals surface area contributed by atoms with Crippen molar-refractivity contribution in [3.8, 4) is 5.75 Å². The highest BCUT2D eigenvalue weighted by Gasteiger charge is 2.66. The second-order valence-corrected chi connectivity index (χ2v) is 6.58. The number of ether oxygens (including phenoxy) is 2. The molecule has 0 aromatic heterocycles. The number of hydrogen-bond donors (Lipinski definition) is 0. The largest absolute Gasteiger partial charge is 0.495 e. The lowest BCUT2D eigenvalue weighted by atomic mass is 9.78. The molecule has 3 heterocycles. The molecule has 0 unspecified atom stereocenters. The van der Waals surface area contributed by atoms with Crippen LogP contribution in [-0.2, 0) is 14.3 Å². The molecule has 3 aliphatic rings. The number of fused-ring (bicyclic) bond motifs is 5. The third-order valence-corrected chi connectivity index (χ3v) is 5.16. The number of nitrogens with zero attached hydrogens (tertiary/aromatic N) is 1. The van der Waals surface area contributed by atoms with Crippen LogP contribution in [0.3, 0.4) is 0 Å². The van der Waals surface area contributed by atoms with Crippen LogP contribution in [0.15, 0.2) is 30.4 Å². The number of benzene rings is 1. The zero-order chi connectivity index (χ0) is 17.2. The quantitative estimate of drug-likeness (QED) is 0.480. The van der Waals surface area contributed by atoms with E-state index in [1.165, 1.54) is 20.1 Å². The minimum Gasteiger partial charge on any atom is -0.495 e. The van der Waals surface area contributed by atoms with Gasteiger partial charge in [0.05, 0.1) is 36.3 Å². The van der Waals surface area contributed by atoms with E-state index >= 15 is 0 Å². The second kappa shape index (κ2) is 4.77. The molecule has 124 valence electrons. The lowest BCUT2D eigenvalue weighted by molar-refractivity contribution is -0.126. The number of hydrogen-bond acceptors (Lipinski definition) is 5. The summed E-state index contributed by atoms with van der Waals surface area (Å²) in [5.41, 5.74) is -0.00738. The van der Waals surface area contributed by atoms with Crippen LogP contribution in [-0.4, -0.2) is 36.4 Å². The van der Waals surface area contributed by atoms with Crippen LogP contribution in [0.5, 0.6) is 5.75 Å². The van der Waals surface area contributed by atoms with Gasteiger partial charge in [0.15, 0.2) is 5.78 Å². The Morgan fingerprint density at radius 1 is 1.29 bits per heavy atom. The van der Waals surface area contributed by atoms with Crippen molar-refractivity contribution >= 4 is 23.3 Å². The molecule has 4 rings (SSSR count). The molecule has 1 aromatic rings. The first-order valence-electron chi connectivity index (χ1n) is 7.81. The predicted molar refractivity (Wildman–Crippen MR) is 84.9 cm³/mol. The van der Waals surface area contributed by atoms with E-state index in [1.807, 2.05) is 19.1 Å². The molecule has 6 heteroatoms. The number of imide groups is 1. The fourth-order valence-corrected chi connectivity index (χ4v) is 3.97. The number of anilines is 1. The summed E-state index contributed by atoms with van der Waals surface area (Å²) in [7, 11) is 1.47. The fourth-order valence-electron chi connectivity index (χ4n) is 3.97. The summed E-state index contributed by atoms with van der Waals surface area (Å²) in [6.07, 6.45) is 3.33. The van der Waals surface area contributed by atoms with Gasteiger partial charge in [0.1, 0.15) is 5.75 Å². The Kier molecular flexibility index (Phi) is 3.00. The summed E-state index contributed by atoms with van der Waals surface area (Å²) in [6, 6.07) is 4.76. The number of rotatable bonds is 3. The van der Waals surface area contributed by atoms with E-state index in [2.05, 4.69) is 0 Å². The van der Waals surface area contributed by atoms with Gasteiger partial charge in [-0.05, 0) is 32.0 Å². The standard InChI is InChI=1S/C18H17NO5/c1-9(20)10-4-5-12(23-3)11(8-10)19-16(21)14-13-6-7-18(2,24-13)15(14)17(19)22/h4-8,13-15H,1-3H3/t13-,14-,15-,18-/m1/s1. The van der Waals surface area contributed by atoms with Crippen molar-refractivity contribution in [1.29, 1.82) is 0 Å². The third kappa shape index (κ3) is 1.77. The maximum atomic E-state index is 13.0. The molecule has 24 heavy (non-hydrogen) atoms. The highest BCUT2D eigenvalue weighted by molar-refractivity contribution is 6.24. The van der Waals surface area contributed by atoms with Crippen LogP contribution >= 0.6 is 0 Å². The Morgan fingerprint density at radius 3 is 2.67 bits per heavy atom. The second-order valence-electron chi connectivity index (χ2n) is 6.58.